The first-order valence-corrected chi connectivity index (χ1v) is 6.73. The average molecular weight is 253 g/mol. The summed E-state index contributed by atoms with van der Waals surface area (Å²) in [4.78, 5) is 25.6. The standard InChI is InChI=1S/C13H19NO4/c1-7(2)10-6-17-13(16)14(10)12(15)9-5-8-3-4-11(9)18-8/h7-11H,3-6H2,1-2H3/t8-,9-,10-,11+/m1/s1. The van der Waals surface area contributed by atoms with Gasteiger partial charge in [0, 0.05) is 0 Å². The third kappa shape index (κ3) is 1.72. The zero-order valence-corrected chi connectivity index (χ0v) is 10.8. The van der Waals surface area contributed by atoms with Gasteiger partial charge in [0.25, 0.3) is 0 Å². The van der Waals surface area contributed by atoms with Crippen molar-refractivity contribution in [3.05, 3.63) is 0 Å². The predicted octanol–water partition coefficient (Wildman–Crippen LogP) is 1.56. The first-order valence-electron chi connectivity index (χ1n) is 6.73. The van der Waals surface area contributed by atoms with Crippen molar-refractivity contribution in [2.24, 2.45) is 11.8 Å². The molecular formula is C13H19NO4. The Morgan fingerprint density at radius 2 is 2.17 bits per heavy atom. The number of ether oxygens (including phenoxy) is 2. The number of imide groups is 1. The molecule has 5 nitrogen and oxygen atoms in total. The molecule has 5 heteroatoms. The van der Waals surface area contributed by atoms with Crippen molar-refractivity contribution >= 4 is 12.0 Å². The van der Waals surface area contributed by atoms with E-state index < -0.39 is 6.09 Å². The number of fused-ring (bicyclic) bond motifs is 2. The number of hydrogen-bond donors (Lipinski definition) is 0. The molecule has 0 aromatic heterocycles. The highest BCUT2D eigenvalue weighted by molar-refractivity contribution is 5.95. The molecule has 3 aliphatic heterocycles. The Hall–Kier alpha value is -1.10. The number of amides is 2. The van der Waals surface area contributed by atoms with Gasteiger partial charge >= 0.3 is 6.09 Å². The fourth-order valence-corrected chi connectivity index (χ4v) is 3.26. The first-order chi connectivity index (χ1) is 8.58. The van der Waals surface area contributed by atoms with Gasteiger partial charge in [0.05, 0.1) is 24.2 Å². The summed E-state index contributed by atoms with van der Waals surface area (Å²) in [5.41, 5.74) is 0. The van der Waals surface area contributed by atoms with Gasteiger partial charge in [0.2, 0.25) is 5.91 Å². The molecule has 0 radical (unpaired) electrons. The van der Waals surface area contributed by atoms with Gasteiger partial charge < -0.3 is 9.47 Å². The molecule has 0 aromatic carbocycles. The molecule has 2 amide bonds. The number of carbonyl (C=O) groups is 2. The Morgan fingerprint density at radius 1 is 1.39 bits per heavy atom. The third-order valence-electron chi connectivity index (χ3n) is 4.34. The molecule has 3 aliphatic rings. The van der Waals surface area contributed by atoms with Crippen LogP contribution < -0.4 is 0 Å². The topological polar surface area (TPSA) is 55.8 Å². The van der Waals surface area contributed by atoms with E-state index in [4.69, 9.17) is 9.47 Å². The summed E-state index contributed by atoms with van der Waals surface area (Å²) >= 11 is 0. The molecule has 2 bridgehead atoms. The number of rotatable bonds is 2. The lowest BCUT2D eigenvalue weighted by atomic mass is 9.87. The second-order valence-corrected chi connectivity index (χ2v) is 5.81. The minimum absolute atomic E-state index is 0.0173. The van der Waals surface area contributed by atoms with E-state index >= 15 is 0 Å². The average Bonchev–Trinajstić information content (AvgIpc) is 3.01. The van der Waals surface area contributed by atoms with Crippen LogP contribution in [0.3, 0.4) is 0 Å². The van der Waals surface area contributed by atoms with Gasteiger partial charge in [0.15, 0.2) is 0 Å². The van der Waals surface area contributed by atoms with Gasteiger partial charge in [-0.15, -0.1) is 0 Å². The van der Waals surface area contributed by atoms with Crippen LogP contribution in [-0.2, 0) is 14.3 Å². The van der Waals surface area contributed by atoms with Crippen molar-refractivity contribution in [1.82, 2.24) is 4.90 Å². The second kappa shape index (κ2) is 4.23. The quantitative estimate of drug-likeness (QED) is 0.749. The lowest BCUT2D eigenvalue weighted by Gasteiger charge is -2.27. The van der Waals surface area contributed by atoms with Crippen LogP contribution in [0.2, 0.25) is 0 Å². The summed E-state index contributed by atoms with van der Waals surface area (Å²) < 4.78 is 10.7. The largest absolute Gasteiger partial charge is 0.447 e. The van der Waals surface area contributed by atoms with Crippen LogP contribution in [-0.4, -0.2) is 41.8 Å². The summed E-state index contributed by atoms with van der Waals surface area (Å²) in [7, 11) is 0. The van der Waals surface area contributed by atoms with E-state index in [1.807, 2.05) is 13.8 Å². The Kier molecular flexibility index (Phi) is 2.81. The molecule has 3 fully saturated rings. The summed E-state index contributed by atoms with van der Waals surface area (Å²) in [5, 5.41) is 0. The van der Waals surface area contributed by atoms with Crippen LogP contribution >= 0.6 is 0 Å². The Morgan fingerprint density at radius 3 is 2.72 bits per heavy atom. The fraction of sp³-hybridized carbons (Fsp3) is 0.846. The lowest BCUT2D eigenvalue weighted by Crippen LogP contribution is -2.46. The normalized spacial score (nSPS) is 38.6. The third-order valence-corrected chi connectivity index (χ3v) is 4.34. The molecule has 3 saturated heterocycles. The Bertz CT molecular complexity index is 381. The van der Waals surface area contributed by atoms with Crippen molar-refractivity contribution in [2.75, 3.05) is 6.61 Å². The highest BCUT2D eigenvalue weighted by Crippen LogP contribution is 2.40. The molecular weight excluding hydrogens is 234 g/mol. The molecule has 0 unspecified atom stereocenters. The number of carbonyl (C=O) groups excluding carboxylic acids is 2. The van der Waals surface area contributed by atoms with E-state index in [1.54, 1.807) is 0 Å². The molecule has 18 heavy (non-hydrogen) atoms. The first kappa shape index (κ1) is 12.0. The van der Waals surface area contributed by atoms with E-state index in [9.17, 15) is 9.59 Å². The second-order valence-electron chi connectivity index (χ2n) is 5.81. The summed E-state index contributed by atoms with van der Waals surface area (Å²) in [5.74, 6) is -0.0149. The summed E-state index contributed by atoms with van der Waals surface area (Å²) in [6.07, 6.45) is 2.51. The smallest absolute Gasteiger partial charge is 0.416 e. The minimum atomic E-state index is -0.485. The number of hydrogen-bond acceptors (Lipinski definition) is 4. The van der Waals surface area contributed by atoms with Gasteiger partial charge in [-0.1, -0.05) is 13.8 Å². The van der Waals surface area contributed by atoms with E-state index in [-0.39, 0.29) is 36.0 Å². The molecule has 3 heterocycles. The number of nitrogens with zero attached hydrogens (tertiary/aromatic N) is 1. The number of cyclic esters (lactones) is 1. The molecule has 100 valence electrons. The highest BCUT2D eigenvalue weighted by Gasteiger charge is 2.50. The van der Waals surface area contributed by atoms with Gasteiger partial charge in [-0.3, -0.25) is 4.79 Å². The predicted molar refractivity (Wildman–Crippen MR) is 62.8 cm³/mol. The summed E-state index contributed by atoms with van der Waals surface area (Å²) in [6.45, 7) is 4.33. The minimum Gasteiger partial charge on any atom is -0.447 e. The van der Waals surface area contributed by atoms with Crippen molar-refractivity contribution in [3.63, 3.8) is 0 Å². The van der Waals surface area contributed by atoms with E-state index in [0.29, 0.717) is 6.61 Å². The van der Waals surface area contributed by atoms with E-state index in [2.05, 4.69) is 0 Å². The zero-order valence-electron chi connectivity index (χ0n) is 10.8. The molecule has 0 spiro atoms. The molecule has 4 atom stereocenters. The maximum Gasteiger partial charge on any atom is 0.416 e. The molecule has 0 saturated carbocycles. The maximum absolute atomic E-state index is 12.5. The fourth-order valence-electron chi connectivity index (χ4n) is 3.26. The molecule has 3 rings (SSSR count). The van der Waals surface area contributed by atoms with Gasteiger partial charge in [-0.2, -0.15) is 0 Å². The van der Waals surface area contributed by atoms with Crippen LogP contribution in [0.15, 0.2) is 0 Å². The van der Waals surface area contributed by atoms with Gasteiger partial charge in [0.1, 0.15) is 6.61 Å². The van der Waals surface area contributed by atoms with Crippen molar-refractivity contribution in [2.45, 2.75) is 51.4 Å². The van der Waals surface area contributed by atoms with Crippen LogP contribution in [0.1, 0.15) is 33.1 Å². The molecule has 0 N–H and O–H groups in total. The van der Waals surface area contributed by atoms with Gasteiger partial charge in [-0.05, 0) is 25.2 Å². The van der Waals surface area contributed by atoms with Crippen molar-refractivity contribution in [3.8, 4) is 0 Å². The monoisotopic (exact) mass is 253 g/mol. The van der Waals surface area contributed by atoms with Crippen LogP contribution in [0.4, 0.5) is 4.79 Å². The van der Waals surface area contributed by atoms with Crippen molar-refractivity contribution in [1.29, 1.82) is 0 Å². The van der Waals surface area contributed by atoms with E-state index in [0.717, 1.165) is 19.3 Å². The zero-order chi connectivity index (χ0) is 12.9. The molecule has 0 aliphatic carbocycles. The van der Waals surface area contributed by atoms with E-state index in [1.165, 1.54) is 4.90 Å². The Balaban J connectivity index is 1.76. The Labute approximate surface area is 106 Å². The maximum atomic E-state index is 12.5. The van der Waals surface area contributed by atoms with Crippen LogP contribution in [0, 0.1) is 11.8 Å². The highest BCUT2D eigenvalue weighted by atomic mass is 16.6. The summed E-state index contributed by atoms with van der Waals surface area (Å²) in [6, 6.07) is -0.121. The SMILES string of the molecule is CC(C)[C@H]1COC(=O)N1C(=O)[C@@H]1C[C@H]2CC[C@@H]1O2. The van der Waals surface area contributed by atoms with Crippen LogP contribution in [0.25, 0.3) is 0 Å². The lowest BCUT2D eigenvalue weighted by molar-refractivity contribution is -0.135. The van der Waals surface area contributed by atoms with Crippen molar-refractivity contribution < 1.29 is 19.1 Å². The van der Waals surface area contributed by atoms with Crippen LogP contribution in [0.5, 0.6) is 0 Å². The van der Waals surface area contributed by atoms with Gasteiger partial charge in [-0.25, -0.2) is 9.69 Å². The molecule has 0 aromatic rings.